The third kappa shape index (κ3) is 3.01. The Hall–Kier alpha value is -1.56. The first-order valence-corrected chi connectivity index (χ1v) is 6.40. The van der Waals surface area contributed by atoms with Gasteiger partial charge in [0.15, 0.2) is 0 Å². The van der Waals surface area contributed by atoms with Gasteiger partial charge in [0.05, 0.1) is 5.69 Å². The van der Waals surface area contributed by atoms with Gasteiger partial charge in [0.2, 0.25) is 0 Å². The van der Waals surface area contributed by atoms with Crippen LogP contribution in [0.25, 0.3) is 0 Å². The number of carbonyl (C=O) groups excluding carboxylic acids is 1. The maximum atomic E-state index is 11.6. The van der Waals surface area contributed by atoms with E-state index in [2.05, 4.69) is 15.7 Å². The SMILES string of the molecule is Cn1nc(C2CCC2)cc1NC(=O)NCCCO. The summed E-state index contributed by atoms with van der Waals surface area (Å²) in [5.74, 6) is 1.27. The highest BCUT2D eigenvalue weighted by atomic mass is 16.3. The Morgan fingerprint density at radius 1 is 1.61 bits per heavy atom. The fourth-order valence-electron chi connectivity index (χ4n) is 1.95. The summed E-state index contributed by atoms with van der Waals surface area (Å²) in [6.45, 7) is 0.549. The van der Waals surface area contributed by atoms with Crippen molar-refractivity contribution in [1.82, 2.24) is 15.1 Å². The molecule has 0 spiro atoms. The van der Waals surface area contributed by atoms with Gasteiger partial charge < -0.3 is 10.4 Å². The van der Waals surface area contributed by atoms with Gasteiger partial charge in [-0.2, -0.15) is 5.10 Å². The molecule has 1 fully saturated rings. The fourth-order valence-corrected chi connectivity index (χ4v) is 1.95. The van der Waals surface area contributed by atoms with Gasteiger partial charge in [-0.1, -0.05) is 6.42 Å². The highest BCUT2D eigenvalue weighted by Gasteiger charge is 2.23. The second-order valence-corrected chi connectivity index (χ2v) is 4.66. The Morgan fingerprint density at radius 3 is 3.00 bits per heavy atom. The van der Waals surface area contributed by atoms with E-state index in [9.17, 15) is 4.79 Å². The summed E-state index contributed by atoms with van der Waals surface area (Å²) in [7, 11) is 1.82. The Bertz CT molecular complexity index is 412. The number of amides is 2. The maximum Gasteiger partial charge on any atom is 0.320 e. The van der Waals surface area contributed by atoms with Crippen LogP contribution in [0.1, 0.15) is 37.3 Å². The molecular formula is C12H20N4O2. The minimum atomic E-state index is -0.258. The van der Waals surface area contributed by atoms with Crippen molar-refractivity contribution in [2.75, 3.05) is 18.5 Å². The Kier molecular flexibility index (Phi) is 4.19. The smallest absolute Gasteiger partial charge is 0.320 e. The van der Waals surface area contributed by atoms with Crippen molar-refractivity contribution in [3.05, 3.63) is 11.8 Å². The number of urea groups is 1. The molecule has 1 aliphatic rings. The lowest BCUT2D eigenvalue weighted by Crippen LogP contribution is -2.30. The number of aryl methyl sites for hydroxylation is 1. The quantitative estimate of drug-likeness (QED) is 0.689. The van der Waals surface area contributed by atoms with Gasteiger partial charge in [-0.05, 0) is 19.3 Å². The van der Waals surface area contributed by atoms with Crippen molar-refractivity contribution in [3.8, 4) is 0 Å². The van der Waals surface area contributed by atoms with Gasteiger partial charge in [0, 0.05) is 32.2 Å². The number of aromatic nitrogens is 2. The Morgan fingerprint density at radius 2 is 2.39 bits per heavy atom. The van der Waals surface area contributed by atoms with Crippen LogP contribution in [0.2, 0.25) is 0 Å². The first-order chi connectivity index (χ1) is 8.70. The monoisotopic (exact) mass is 252 g/mol. The van der Waals surface area contributed by atoms with Crippen LogP contribution in [0, 0.1) is 0 Å². The van der Waals surface area contributed by atoms with Crippen molar-refractivity contribution in [3.63, 3.8) is 0 Å². The molecular weight excluding hydrogens is 232 g/mol. The Labute approximate surface area is 106 Å². The fraction of sp³-hybridized carbons (Fsp3) is 0.667. The topological polar surface area (TPSA) is 79.2 Å². The molecule has 0 aliphatic heterocycles. The van der Waals surface area contributed by atoms with E-state index in [1.807, 2.05) is 13.1 Å². The van der Waals surface area contributed by atoms with Crippen LogP contribution in [0.4, 0.5) is 10.6 Å². The van der Waals surface area contributed by atoms with E-state index in [1.54, 1.807) is 4.68 Å². The van der Waals surface area contributed by atoms with Gasteiger partial charge in [0.1, 0.15) is 5.82 Å². The molecule has 1 aliphatic carbocycles. The summed E-state index contributed by atoms with van der Waals surface area (Å²) in [4.78, 5) is 11.6. The predicted octanol–water partition coefficient (Wildman–Crippen LogP) is 1.19. The minimum Gasteiger partial charge on any atom is -0.396 e. The van der Waals surface area contributed by atoms with Crippen molar-refractivity contribution >= 4 is 11.8 Å². The average molecular weight is 252 g/mol. The van der Waals surface area contributed by atoms with Crippen LogP contribution in [0.3, 0.4) is 0 Å². The molecule has 0 aromatic carbocycles. The summed E-state index contributed by atoms with van der Waals surface area (Å²) in [5, 5.41) is 18.5. The van der Waals surface area contributed by atoms with Crippen LogP contribution < -0.4 is 10.6 Å². The van der Waals surface area contributed by atoms with Crippen molar-refractivity contribution in [2.24, 2.45) is 7.05 Å². The summed E-state index contributed by atoms with van der Waals surface area (Å²) in [5.41, 5.74) is 1.06. The lowest BCUT2D eigenvalue weighted by atomic mass is 9.83. The second kappa shape index (κ2) is 5.86. The first-order valence-electron chi connectivity index (χ1n) is 6.40. The molecule has 2 rings (SSSR count). The van der Waals surface area contributed by atoms with Gasteiger partial charge in [-0.15, -0.1) is 0 Å². The zero-order chi connectivity index (χ0) is 13.0. The normalized spacial score (nSPS) is 15.2. The standard InChI is InChI=1S/C12H20N4O2/c1-16-11(14-12(18)13-6-3-7-17)8-10(15-16)9-4-2-5-9/h8-9,17H,2-7H2,1H3,(H2,13,14,18). The number of rotatable bonds is 5. The molecule has 0 bridgehead atoms. The van der Waals surface area contributed by atoms with Gasteiger partial charge in [-0.25, -0.2) is 4.79 Å². The summed E-state index contributed by atoms with van der Waals surface area (Å²) in [6.07, 6.45) is 4.22. The number of aliphatic hydroxyl groups excluding tert-OH is 1. The predicted molar refractivity (Wildman–Crippen MR) is 68.5 cm³/mol. The molecule has 18 heavy (non-hydrogen) atoms. The second-order valence-electron chi connectivity index (χ2n) is 4.66. The molecule has 1 aromatic rings. The molecule has 0 radical (unpaired) electrons. The third-order valence-corrected chi connectivity index (χ3v) is 3.28. The van der Waals surface area contributed by atoms with Crippen LogP contribution in [-0.4, -0.2) is 34.1 Å². The van der Waals surface area contributed by atoms with Crippen LogP contribution in [0.15, 0.2) is 6.07 Å². The third-order valence-electron chi connectivity index (χ3n) is 3.28. The first kappa shape index (κ1) is 12.9. The molecule has 0 atom stereocenters. The molecule has 0 unspecified atom stereocenters. The van der Waals surface area contributed by atoms with Gasteiger partial charge in [-0.3, -0.25) is 10.00 Å². The molecule has 6 heteroatoms. The van der Waals surface area contributed by atoms with Gasteiger partial charge >= 0.3 is 6.03 Å². The minimum absolute atomic E-state index is 0.0812. The highest BCUT2D eigenvalue weighted by molar-refractivity contribution is 5.88. The maximum absolute atomic E-state index is 11.6. The highest BCUT2D eigenvalue weighted by Crippen LogP contribution is 2.36. The van der Waals surface area contributed by atoms with Crippen LogP contribution in [-0.2, 0) is 7.05 Å². The molecule has 6 nitrogen and oxygen atoms in total. The zero-order valence-corrected chi connectivity index (χ0v) is 10.6. The molecule has 2 amide bonds. The van der Waals surface area contributed by atoms with E-state index in [0.29, 0.717) is 24.7 Å². The number of aliphatic hydroxyl groups is 1. The van der Waals surface area contributed by atoms with Crippen molar-refractivity contribution < 1.29 is 9.90 Å². The largest absolute Gasteiger partial charge is 0.396 e. The van der Waals surface area contributed by atoms with Crippen LogP contribution in [0.5, 0.6) is 0 Å². The number of nitrogens with one attached hydrogen (secondary N) is 2. The van der Waals surface area contributed by atoms with Crippen LogP contribution >= 0.6 is 0 Å². The van der Waals surface area contributed by atoms with Crippen molar-refractivity contribution in [2.45, 2.75) is 31.6 Å². The Balaban J connectivity index is 1.88. The summed E-state index contributed by atoms with van der Waals surface area (Å²) in [6, 6.07) is 1.68. The lowest BCUT2D eigenvalue weighted by Gasteiger charge is -2.22. The molecule has 0 saturated heterocycles. The number of hydrogen-bond donors (Lipinski definition) is 3. The van der Waals surface area contributed by atoms with Gasteiger partial charge in [0.25, 0.3) is 0 Å². The number of carbonyl (C=O) groups is 1. The van der Waals surface area contributed by atoms with E-state index in [4.69, 9.17) is 5.11 Å². The van der Waals surface area contributed by atoms with E-state index in [-0.39, 0.29) is 12.6 Å². The zero-order valence-electron chi connectivity index (χ0n) is 10.6. The number of nitrogens with zero attached hydrogens (tertiary/aromatic N) is 2. The summed E-state index contributed by atoms with van der Waals surface area (Å²) < 4.78 is 1.69. The van der Waals surface area contributed by atoms with Crippen molar-refractivity contribution in [1.29, 1.82) is 0 Å². The molecule has 1 aromatic heterocycles. The number of anilines is 1. The van der Waals surface area contributed by atoms with E-state index in [1.165, 1.54) is 19.3 Å². The average Bonchev–Trinajstić information content (AvgIpc) is 2.57. The summed E-state index contributed by atoms with van der Waals surface area (Å²) >= 11 is 0. The van der Waals surface area contributed by atoms with E-state index >= 15 is 0 Å². The van der Waals surface area contributed by atoms with E-state index < -0.39 is 0 Å². The molecule has 100 valence electrons. The number of hydrogen-bond acceptors (Lipinski definition) is 3. The van der Waals surface area contributed by atoms with E-state index in [0.717, 1.165) is 5.69 Å². The molecule has 3 N–H and O–H groups in total. The molecule has 1 heterocycles. The molecule has 1 saturated carbocycles. The lowest BCUT2D eigenvalue weighted by molar-refractivity contribution is 0.248.